The van der Waals surface area contributed by atoms with Gasteiger partial charge in [-0.25, -0.2) is 0 Å². The van der Waals surface area contributed by atoms with Crippen molar-refractivity contribution >= 4 is 17.4 Å². The third-order valence-electron chi connectivity index (χ3n) is 6.06. The zero-order valence-electron chi connectivity index (χ0n) is 19.6. The van der Waals surface area contributed by atoms with E-state index in [0.717, 1.165) is 11.1 Å². The maximum absolute atomic E-state index is 13.1. The molecule has 1 N–H and O–H groups in total. The Balaban J connectivity index is 1.45. The lowest BCUT2D eigenvalue weighted by atomic mass is 9.96. The van der Waals surface area contributed by atoms with Gasteiger partial charge in [0.1, 0.15) is 23.9 Å². The number of Topliss-reactive ketones (excluding diaryl/α,β-unsaturated/α-hetero) is 1. The number of hydrogen-bond donors (Lipinski definition) is 1. The number of likely N-dealkylation sites (tertiary alicyclic amines) is 1. The molecule has 7 nitrogen and oxygen atoms in total. The van der Waals surface area contributed by atoms with Crippen molar-refractivity contribution in [2.75, 3.05) is 0 Å². The summed E-state index contributed by atoms with van der Waals surface area (Å²) in [6.07, 6.45) is 4.70. The van der Waals surface area contributed by atoms with Crippen molar-refractivity contribution in [1.82, 2.24) is 9.88 Å². The van der Waals surface area contributed by atoms with Crippen molar-refractivity contribution in [1.29, 1.82) is 0 Å². The van der Waals surface area contributed by atoms with Gasteiger partial charge in [0.05, 0.1) is 24.4 Å². The molecule has 0 radical (unpaired) electrons. The van der Waals surface area contributed by atoms with Crippen LogP contribution in [0.15, 0.2) is 101 Å². The number of furan rings is 1. The van der Waals surface area contributed by atoms with E-state index in [2.05, 4.69) is 11.1 Å². The first-order valence-electron chi connectivity index (χ1n) is 11.5. The Morgan fingerprint density at radius 2 is 1.89 bits per heavy atom. The normalized spacial score (nSPS) is 16.9. The molecule has 1 aliphatic heterocycles. The van der Waals surface area contributed by atoms with Gasteiger partial charge in [-0.3, -0.25) is 14.6 Å². The second-order valence-electron chi connectivity index (χ2n) is 8.59. The SMILES string of the molecule is Cc1cccc(COc2ccc(/C(O)=C3\C(=O)C(=O)N(Cc4ccco4)[C@@H]3c3cccnc3)cc2)c1. The quantitative estimate of drug-likeness (QED) is 0.222. The number of hydrogen-bond acceptors (Lipinski definition) is 6. The number of aryl methyl sites for hydroxylation is 1. The zero-order chi connectivity index (χ0) is 25.1. The lowest BCUT2D eigenvalue weighted by molar-refractivity contribution is -0.140. The molecule has 0 spiro atoms. The highest BCUT2D eigenvalue weighted by molar-refractivity contribution is 6.46. The summed E-state index contributed by atoms with van der Waals surface area (Å²) in [5.74, 6) is -0.571. The van der Waals surface area contributed by atoms with Crippen LogP contribution in [0, 0.1) is 6.92 Å². The summed E-state index contributed by atoms with van der Waals surface area (Å²) >= 11 is 0. The first-order valence-corrected chi connectivity index (χ1v) is 11.5. The Labute approximate surface area is 208 Å². The second-order valence-corrected chi connectivity index (χ2v) is 8.59. The molecule has 0 bridgehead atoms. The molecule has 0 aliphatic carbocycles. The summed E-state index contributed by atoms with van der Waals surface area (Å²) in [5, 5.41) is 11.2. The lowest BCUT2D eigenvalue weighted by Gasteiger charge is -2.24. The van der Waals surface area contributed by atoms with Gasteiger partial charge in [-0.2, -0.15) is 0 Å². The van der Waals surface area contributed by atoms with E-state index in [1.807, 2.05) is 25.1 Å². The number of rotatable bonds is 7. The van der Waals surface area contributed by atoms with Crippen LogP contribution in [0.3, 0.4) is 0 Å². The van der Waals surface area contributed by atoms with Gasteiger partial charge in [0.15, 0.2) is 0 Å². The van der Waals surface area contributed by atoms with Gasteiger partial charge in [0, 0.05) is 18.0 Å². The van der Waals surface area contributed by atoms with E-state index < -0.39 is 17.7 Å². The molecule has 4 aromatic rings. The maximum atomic E-state index is 13.1. The highest BCUT2D eigenvalue weighted by atomic mass is 16.5. The van der Waals surface area contributed by atoms with E-state index in [1.54, 1.807) is 60.9 Å². The van der Waals surface area contributed by atoms with Crippen molar-refractivity contribution in [3.05, 3.63) is 125 Å². The van der Waals surface area contributed by atoms with Crippen LogP contribution in [0.1, 0.15) is 34.1 Å². The zero-order valence-corrected chi connectivity index (χ0v) is 19.6. The summed E-state index contributed by atoms with van der Waals surface area (Å²) in [4.78, 5) is 31.7. The molecule has 0 unspecified atom stereocenters. The number of carbonyl (C=O) groups excluding carboxylic acids is 2. The fraction of sp³-hybridized carbons (Fsp3) is 0.138. The van der Waals surface area contributed by atoms with E-state index in [4.69, 9.17) is 9.15 Å². The van der Waals surface area contributed by atoms with E-state index in [1.165, 1.54) is 11.2 Å². The number of amides is 1. The fourth-order valence-electron chi connectivity index (χ4n) is 4.33. The van der Waals surface area contributed by atoms with Gasteiger partial charge in [0.2, 0.25) is 0 Å². The summed E-state index contributed by atoms with van der Waals surface area (Å²) < 4.78 is 11.3. The van der Waals surface area contributed by atoms with Gasteiger partial charge in [-0.15, -0.1) is 0 Å². The Morgan fingerprint density at radius 3 is 2.58 bits per heavy atom. The van der Waals surface area contributed by atoms with E-state index in [0.29, 0.717) is 29.2 Å². The maximum Gasteiger partial charge on any atom is 0.296 e. The van der Waals surface area contributed by atoms with Crippen molar-refractivity contribution < 1.29 is 23.8 Å². The summed E-state index contributed by atoms with van der Waals surface area (Å²) in [7, 11) is 0. The van der Waals surface area contributed by atoms with Crippen molar-refractivity contribution in [2.45, 2.75) is 26.1 Å². The van der Waals surface area contributed by atoms with Crippen LogP contribution in [-0.2, 0) is 22.7 Å². The third-order valence-corrected chi connectivity index (χ3v) is 6.06. The minimum atomic E-state index is -0.805. The van der Waals surface area contributed by atoms with Gasteiger partial charge < -0.3 is 19.2 Å². The summed E-state index contributed by atoms with van der Waals surface area (Å²) in [6.45, 7) is 2.52. The average Bonchev–Trinajstić information content (AvgIpc) is 3.50. The van der Waals surface area contributed by atoms with E-state index in [9.17, 15) is 14.7 Å². The number of pyridine rings is 1. The summed E-state index contributed by atoms with van der Waals surface area (Å²) in [6, 6.07) is 21.0. The summed E-state index contributed by atoms with van der Waals surface area (Å²) in [5.41, 5.74) is 3.23. The molecule has 3 heterocycles. The molecule has 1 amide bonds. The largest absolute Gasteiger partial charge is 0.507 e. The lowest BCUT2D eigenvalue weighted by Crippen LogP contribution is -2.29. The number of aliphatic hydroxyl groups is 1. The number of aliphatic hydroxyl groups excluding tert-OH is 1. The van der Waals surface area contributed by atoms with E-state index >= 15 is 0 Å². The predicted molar refractivity (Wildman–Crippen MR) is 133 cm³/mol. The number of ether oxygens (including phenoxy) is 1. The fourth-order valence-corrected chi connectivity index (χ4v) is 4.33. The van der Waals surface area contributed by atoms with Crippen molar-refractivity contribution in [3.63, 3.8) is 0 Å². The van der Waals surface area contributed by atoms with Crippen LogP contribution in [0.25, 0.3) is 5.76 Å². The molecule has 2 aromatic carbocycles. The molecule has 1 atom stereocenters. The minimum Gasteiger partial charge on any atom is -0.507 e. The highest BCUT2D eigenvalue weighted by Crippen LogP contribution is 2.40. The van der Waals surface area contributed by atoms with Crippen molar-refractivity contribution in [2.24, 2.45) is 0 Å². The number of benzene rings is 2. The molecule has 1 fully saturated rings. The predicted octanol–water partition coefficient (Wildman–Crippen LogP) is 5.18. The third kappa shape index (κ3) is 4.63. The standard InChI is InChI=1S/C29H24N2O5/c1-19-5-2-6-20(15-19)18-36-23-11-9-21(10-12-23)27(32)25-26(22-7-3-13-30-16-22)31(29(34)28(25)33)17-24-8-4-14-35-24/h2-16,26,32H,17-18H2,1H3/b27-25+/t26-/m1/s1. The highest BCUT2D eigenvalue weighted by Gasteiger charge is 2.46. The van der Waals surface area contributed by atoms with Gasteiger partial charge >= 0.3 is 0 Å². The Hall–Kier alpha value is -4.65. The number of carbonyl (C=O) groups is 2. The molecule has 7 heteroatoms. The Kier molecular flexibility index (Phi) is 6.36. The second kappa shape index (κ2) is 9.92. The van der Waals surface area contributed by atoms with Crippen LogP contribution in [0.5, 0.6) is 5.75 Å². The topological polar surface area (TPSA) is 92.9 Å². The Bertz CT molecular complexity index is 1410. The number of aromatic nitrogens is 1. The smallest absolute Gasteiger partial charge is 0.296 e. The number of nitrogens with zero attached hydrogens (tertiary/aromatic N) is 2. The van der Waals surface area contributed by atoms with Crippen LogP contribution in [-0.4, -0.2) is 26.7 Å². The van der Waals surface area contributed by atoms with Crippen LogP contribution >= 0.6 is 0 Å². The van der Waals surface area contributed by atoms with E-state index in [-0.39, 0.29) is 17.9 Å². The van der Waals surface area contributed by atoms with Gasteiger partial charge in [-0.1, -0.05) is 35.9 Å². The van der Waals surface area contributed by atoms with Gasteiger partial charge in [-0.05, 0) is 60.5 Å². The number of ketones is 1. The first-order chi connectivity index (χ1) is 17.5. The minimum absolute atomic E-state index is 0.00739. The molecule has 1 saturated heterocycles. The molecule has 2 aromatic heterocycles. The van der Waals surface area contributed by atoms with Crippen LogP contribution in [0.2, 0.25) is 0 Å². The molecule has 1 aliphatic rings. The monoisotopic (exact) mass is 480 g/mol. The van der Waals surface area contributed by atoms with Gasteiger partial charge in [0.25, 0.3) is 11.7 Å². The molecule has 0 saturated carbocycles. The Morgan fingerprint density at radius 1 is 1.06 bits per heavy atom. The molecular weight excluding hydrogens is 456 g/mol. The van der Waals surface area contributed by atoms with Crippen LogP contribution < -0.4 is 4.74 Å². The van der Waals surface area contributed by atoms with Crippen molar-refractivity contribution in [3.8, 4) is 5.75 Å². The molecule has 180 valence electrons. The molecule has 36 heavy (non-hydrogen) atoms. The average molecular weight is 481 g/mol. The molecule has 5 rings (SSSR count). The first kappa shape index (κ1) is 23.1. The molecular formula is C29H24N2O5. The van der Waals surface area contributed by atoms with Crippen LogP contribution in [0.4, 0.5) is 0 Å².